The van der Waals surface area contributed by atoms with Crippen LogP contribution in [0.25, 0.3) is 0 Å². The Morgan fingerprint density at radius 1 is 1.16 bits per heavy atom. The molecule has 0 aliphatic carbocycles. The topological polar surface area (TPSA) is 125 Å². The maximum Gasteiger partial charge on any atom is 0.332 e. The fourth-order valence-electron chi connectivity index (χ4n) is 4.76. The van der Waals surface area contributed by atoms with Crippen molar-refractivity contribution < 1.29 is 19.0 Å². The van der Waals surface area contributed by atoms with Gasteiger partial charge in [0.1, 0.15) is 37.8 Å². The van der Waals surface area contributed by atoms with E-state index in [0.29, 0.717) is 18.0 Å². The van der Waals surface area contributed by atoms with Crippen LogP contribution >= 0.6 is 0 Å². The lowest BCUT2D eigenvalue weighted by Crippen LogP contribution is -2.50. The van der Waals surface area contributed by atoms with Gasteiger partial charge in [-0.2, -0.15) is 9.78 Å². The van der Waals surface area contributed by atoms with Crippen molar-refractivity contribution >= 4 is 17.5 Å². The molecule has 194 valence electrons. The highest BCUT2D eigenvalue weighted by Crippen LogP contribution is 2.32. The van der Waals surface area contributed by atoms with E-state index < -0.39 is 11.9 Å². The Bertz CT molecular complexity index is 1470. The van der Waals surface area contributed by atoms with E-state index in [1.54, 1.807) is 18.1 Å². The second-order valence-electron chi connectivity index (χ2n) is 9.45. The number of ether oxygens (including phenoxy) is 1. The second-order valence-corrected chi connectivity index (χ2v) is 9.45. The van der Waals surface area contributed by atoms with Gasteiger partial charge in [-0.25, -0.2) is 9.67 Å². The maximum atomic E-state index is 13.3. The summed E-state index contributed by atoms with van der Waals surface area (Å²) in [5.41, 5.74) is 2.77. The fourth-order valence-corrected chi connectivity index (χ4v) is 4.76. The van der Waals surface area contributed by atoms with Gasteiger partial charge in [-0.15, -0.1) is 5.10 Å². The van der Waals surface area contributed by atoms with Crippen molar-refractivity contribution in [3.05, 3.63) is 84.0 Å². The molecule has 2 aromatic heterocycles. The predicted molar refractivity (Wildman–Crippen MR) is 135 cm³/mol. The number of nitrogens with one attached hydrogen (secondary N) is 2. The molecule has 2 amide bonds. The third-order valence-corrected chi connectivity index (χ3v) is 6.80. The highest BCUT2D eigenvalue weighted by molar-refractivity contribution is 6.02. The Kier molecular flexibility index (Phi) is 6.30. The number of nitrogens with zero attached hydrogens (tertiary/aromatic N) is 7. The molecule has 12 heteroatoms. The standard InChI is InChI=1S/C26H27N9O3/c1-32-21-11-19(12-33-9-10-35-23(14-33)27-16-29-35)7-8-22(21)38-15-20(26(32)37)30-25(36)24-28-17-34(31-24)13-18-5-3-2-4-6-18/h2-8,11,16-17,20H,9-10,12-15H2,1H3,(H,30,36)/p+1/t20-/m1/s1. The van der Waals surface area contributed by atoms with E-state index in [9.17, 15) is 9.59 Å². The molecule has 0 spiro atoms. The van der Waals surface area contributed by atoms with Crippen LogP contribution in [-0.2, 0) is 31.0 Å². The zero-order valence-electron chi connectivity index (χ0n) is 20.9. The molecule has 0 fully saturated rings. The molecule has 2 N–H and O–H groups in total. The number of carbonyl (C=O) groups is 2. The van der Waals surface area contributed by atoms with E-state index in [2.05, 4.69) is 30.4 Å². The Balaban J connectivity index is 1.11. The zero-order valence-corrected chi connectivity index (χ0v) is 20.9. The zero-order chi connectivity index (χ0) is 26.1. The molecule has 4 aromatic rings. The van der Waals surface area contributed by atoms with Gasteiger partial charge < -0.3 is 15.0 Å². The van der Waals surface area contributed by atoms with Gasteiger partial charge in [0.05, 0.1) is 12.2 Å². The second kappa shape index (κ2) is 10.1. The first-order chi connectivity index (χ1) is 18.5. The third-order valence-electron chi connectivity index (χ3n) is 6.80. The average Bonchev–Trinajstić information content (AvgIpc) is 3.58. The van der Waals surface area contributed by atoms with Gasteiger partial charge in [0.15, 0.2) is 0 Å². The number of anilines is 1. The van der Waals surface area contributed by atoms with Gasteiger partial charge in [0, 0.05) is 20.1 Å². The first kappa shape index (κ1) is 23.8. The van der Waals surface area contributed by atoms with Crippen molar-refractivity contribution in [2.75, 3.05) is 25.1 Å². The minimum atomic E-state index is -0.873. The third kappa shape index (κ3) is 4.85. The molecule has 2 aliphatic heterocycles. The summed E-state index contributed by atoms with van der Waals surface area (Å²) < 4.78 is 9.59. The number of rotatable bonds is 6. The number of fused-ring (bicyclic) bond motifs is 2. The Morgan fingerprint density at radius 3 is 2.89 bits per heavy atom. The smallest absolute Gasteiger partial charge is 0.332 e. The summed E-state index contributed by atoms with van der Waals surface area (Å²) in [6, 6.07) is 14.8. The van der Waals surface area contributed by atoms with Crippen LogP contribution in [-0.4, -0.2) is 67.8 Å². The summed E-state index contributed by atoms with van der Waals surface area (Å²) in [5, 5.41) is 10.1. The van der Waals surface area contributed by atoms with Crippen molar-refractivity contribution in [1.29, 1.82) is 0 Å². The number of hydrogen-bond donors (Lipinski definition) is 2. The summed E-state index contributed by atoms with van der Waals surface area (Å²) in [5.74, 6) is 0.795. The largest absolute Gasteiger partial charge is 0.489 e. The van der Waals surface area contributed by atoms with Crippen molar-refractivity contribution in [2.45, 2.75) is 32.2 Å². The minimum absolute atomic E-state index is 0.000181. The van der Waals surface area contributed by atoms with Gasteiger partial charge in [0.2, 0.25) is 12.2 Å². The number of carbonyl (C=O) groups excluding carboxylic acids is 2. The minimum Gasteiger partial charge on any atom is -0.489 e. The van der Waals surface area contributed by atoms with E-state index >= 15 is 0 Å². The van der Waals surface area contributed by atoms with E-state index in [0.717, 1.165) is 43.1 Å². The molecule has 6 rings (SSSR count). The Labute approximate surface area is 218 Å². The van der Waals surface area contributed by atoms with Gasteiger partial charge >= 0.3 is 5.82 Å². The number of aromatic amines is 1. The van der Waals surface area contributed by atoms with E-state index in [4.69, 9.17) is 4.74 Å². The van der Waals surface area contributed by atoms with E-state index in [-0.39, 0.29) is 18.3 Å². The number of amides is 2. The van der Waals surface area contributed by atoms with Crippen LogP contribution in [0, 0.1) is 0 Å². The molecule has 12 nitrogen and oxygen atoms in total. The maximum absolute atomic E-state index is 13.3. The molecular formula is C26H28N9O3+. The summed E-state index contributed by atoms with van der Waals surface area (Å²) in [4.78, 5) is 38.5. The number of aromatic nitrogens is 6. The predicted octanol–water partition coefficient (Wildman–Crippen LogP) is 0.507. The lowest BCUT2D eigenvalue weighted by Gasteiger charge is -2.24. The quantitative estimate of drug-likeness (QED) is 0.359. The molecule has 38 heavy (non-hydrogen) atoms. The van der Waals surface area contributed by atoms with Crippen LogP contribution in [0.3, 0.4) is 0 Å². The molecule has 1 atom stereocenters. The van der Waals surface area contributed by atoms with Crippen LogP contribution in [0.2, 0.25) is 0 Å². The molecule has 0 radical (unpaired) electrons. The SMILES string of the molecule is CN1C(=O)[C@H](NC(=O)c2ncn(Cc3ccccc3)n2)COc2ccc(CN3CC[n+]4[nH]cnc4C3)cc21. The first-order valence-electron chi connectivity index (χ1n) is 12.5. The van der Waals surface area contributed by atoms with Gasteiger partial charge in [-0.1, -0.05) is 36.4 Å². The summed E-state index contributed by atoms with van der Waals surface area (Å²) >= 11 is 0. The molecular weight excluding hydrogens is 486 g/mol. The van der Waals surface area contributed by atoms with Crippen molar-refractivity contribution in [2.24, 2.45) is 0 Å². The molecule has 0 unspecified atom stereocenters. The number of hydrogen-bond acceptors (Lipinski definition) is 7. The Hall–Kier alpha value is -4.58. The highest BCUT2D eigenvalue weighted by atomic mass is 16.5. The van der Waals surface area contributed by atoms with Crippen molar-refractivity contribution in [3.63, 3.8) is 0 Å². The van der Waals surface area contributed by atoms with Gasteiger partial charge in [-0.3, -0.25) is 14.5 Å². The van der Waals surface area contributed by atoms with Gasteiger partial charge in [0.25, 0.3) is 11.8 Å². The van der Waals surface area contributed by atoms with Crippen molar-refractivity contribution in [3.8, 4) is 5.75 Å². The highest BCUT2D eigenvalue weighted by Gasteiger charge is 2.32. The Morgan fingerprint density at radius 2 is 2.03 bits per heavy atom. The van der Waals surface area contributed by atoms with E-state index in [1.807, 2.05) is 53.2 Å². The van der Waals surface area contributed by atoms with Crippen LogP contribution < -0.4 is 19.6 Å². The summed E-state index contributed by atoms with van der Waals surface area (Å²) in [6.45, 7) is 3.71. The van der Waals surface area contributed by atoms with Crippen molar-refractivity contribution in [1.82, 2.24) is 35.1 Å². The fraction of sp³-hybridized carbons (Fsp3) is 0.308. The van der Waals surface area contributed by atoms with Crippen LogP contribution in [0.1, 0.15) is 27.6 Å². The van der Waals surface area contributed by atoms with Crippen LogP contribution in [0.5, 0.6) is 5.75 Å². The number of benzene rings is 2. The molecule has 0 saturated heterocycles. The molecule has 0 saturated carbocycles. The molecule has 2 aromatic carbocycles. The normalized spacial score (nSPS) is 17.3. The first-order valence-corrected chi connectivity index (χ1v) is 12.5. The average molecular weight is 515 g/mol. The lowest BCUT2D eigenvalue weighted by atomic mass is 10.1. The summed E-state index contributed by atoms with van der Waals surface area (Å²) in [6.07, 6.45) is 3.21. The number of H-pyrrole nitrogens is 1. The molecule has 2 aliphatic rings. The lowest BCUT2D eigenvalue weighted by molar-refractivity contribution is -0.764. The molecule has 0 bridgehead atoms. The summed E-state index contributed by atoms with van der Waals surface area (Å²) in [7, 11) is 1.69. The van der Waals surface area contributed by atoms with Crippen LogP contribution in [0.15, 0.2) is 61.2 Å². The molecule has 4 heterocycles. The number of likely N-dealkylation sites (N-methyl/N-ethyl adjacent to an activating group) is 1. The van der Waals surface area contributed by atoms with Gasteiger partial charge in [-0.05, 0) is 28.2 Å². The van der Waals surface area contributed by atoms with Crippen LogP contribution in [0.4, 0.5) is 5.69 Å². The van der Waals surface area contributed by atoms with E-state index in [1.165, 1.54) is 11.2 Å². The monoisotopic (exact) mass is 514 g/mol.